The third-order valence-electron chi connectivity index (χ3n) is 2.86. The summed E-state index contributed by atoms with van der Waals surface area (Å²) in [7, 11) is 0. The zero-order chi connectivity index (χ0) is 11.2. The molecule has 0 aromatic rings. The number of hydrogen-bond acceptors (Lipinski definition) is 2. The Balaban J connectivity index is 3.74. The molecule has 0 aromatic carbocycles. The van der Waals surface area contributed by atoms with Gasteiger partial charge in [-0.05, 0) is 34.5 Å². The van der Waals surface area contributed by atoms with Crippen molar-refractivity contribution in [2.24, 2.45) is 17.3 Å². The largest absolute Gasteiger partial charge is 0.179 e. The molecule has 0 amide bonds. The van der Waals surface area contributed by atoms with Crippen molar-refractivity contribution in [2.75, 3.05) is 17.3 Å². The summed E-state index contributed by atoms with van der Waals surface area (Å²) in [6, 6.07) is 0. The van der Waals surface area contributed by atoms with Crippen molar-refractivity contribution in [3.05, 3.63) is 0 Å². The lowest BCUT2D eigenvalue weighted by molar-refractivity contribution is 0.294. The summed E-state index contributed by atoms with van der Waals surface area (Å²) in [4.78, 5) is 0. The van der Waals surface area contributed by atoms with Crippen LogP contribution < -0.4 is 0 Å². The maximum Gasteiger partial charge on any atom is -0.00262 e. The van der Waals surface area contributed by atoms with Crippen LogP contribution in [0.3, 0.4) is 0 Å². The van der Waals surface area contributed by atoms with Gasteiger partial charge in [0.1, 0.15) is 0 Å². The molecule has 0 aliphatic rings. The summed E-state index contributed by atoms with van der Waals surface area (Å²) < 4.78 is 0. The molecular weight excluding hydrogens is 208 g/mol. The van der Waals surface area contributed by atoms with E-state index in [1.807, 2.05) is 0 Å². The van der Waals surface area contributed by atoms with E-state index in [4.69, 9.17) is 0 Å². The quantitative estimate of drug-likeness (QED) is 0.666. The van der Waals surface area contributed by atoms with Gasteiger partial charge in [-0.3, -0.25) is 0 Å². The Morgan fingerprint density at radius 3 is 2.14 bits per heavy atom. The SMILES string of the molecule is CCC(C)CSCC(CS)C(C)(C)C. The minimum Gasteiger partial charge on any atom is -0.179 e. The second kappa shape index (κ2) is 7.05. The van der Waals surface area contributed by atoms with E-state index in [0.717, 1.165) is 17.6 Å². The fraction of sp³-hybridized carbons (Fsp3) is 1.00. The molecular formula is C12H26S2. The molecule has 0 heterocycles. The average molecular weight is 234 g/mol. The molecule has 0 aromatic heterocycles. The lowest BCUT2D eigenvalue weighted by Gasteiger charge is -2.29. The topological polar surface area (TPSA) is 0 Å². The van der Waals surface area contributed by atoms with E-state index in [1.54, 1.807) is 0 Å². The highest BCUT2D eigenvalue weighted by molar-refractivity contribution is 7.99. The standard InChI is InChI=1S/C12H26S2/c1-6-10(2)8-14-9-11(7-13)12(3,4)5/h10-11,13H,6-9H2,1-5H3. The Hall–Kier alpha value is 0.700. The molecule has 0 nitrogen and oxygen atoms in total. The zero-order valence-electron chi connectivity index (χ0n) is 10.3. The molecule has 0 saturated heterocycles. The van der Waals surface area contributed by atoms with Gasteiger partial charge in [-0.1, -0.05) is 41.0 Å². The highest BCUT2D eigenvalue weighted by atomic mass is 32.2. The first-order chi connectivity index (χ1) is 6.41. The van der Waals surface area contributed by atoms with E-state index in [-0.39, 0.29) is 0 Å². The van der Waals surface area contributed by atoms with E-state index < -0.39 is 0 Å². The second-order valence-corrected chi connectivity index (χ2v) is 6.74. The zero-order valence-corrected chi connectivity index (χ0v) is 12.0. The first-order valence-electron chi connectivity index (χ1n) is 5.60. The minimum atomic E-state index is 0.407. The lowest BCUT2D eigenvalue weighted by atomic mass is 9.83. The third kappa shape index (κ3) is 6.23. The predicted octanol–water partition coefficient (Wildman–Crippen LogP) is 4.36. The number of thioether (sulfide) groups is 1. The molecule has 2 atom stereocenters. The Labute approximate surface area is 100 Å². The normalized spacial score (nSPS) is 16.7. The van der Waals surface area contributed by atoms with Gasteiger partial charge in [0.05, 0.1) is 0 Å². The summed E-state index contributed by atoms with van der Waals surface area (Å²) in [5.41, 5.74) is 0.407. The summed E-state index contributed by atoms with van der Waals surface area (Å²) >= 11 is 6.54. The van der Waals surface area contributed by atoms with Gasteiger partial charge in [0, 0.05) is 0 Å². The fourth-order valence-corrected chi connectivity index (χ4v) is 3.63. The van der Waals surface area contributed by atoms with Crippen LogP contribution in [0.4, 0.5) is 0 Å². The minimum absolute atomic E-state index is 0.407. The van der Waals surface area contributed by atoms with E-state index in [2.05, 4.69) is 59.0 Å². The molecule has 0 N–H and O–H groups in total. The third-order valence-corrected chi connectivity index (χ3v) is 4.75. The first-order valence-corrected chi connectivity index (χ1v) is 7.39. The van der Waals surface area contributed by atoms with Crippen molar-refractivity contribution < 1.29 is 0 Å². The molecule has 0 rings (SSSR count). The Morgan fingerprint density at radius 2 is 1.79 bits per heavy atom. The van der Waals surface area contributed by atoms with Crippen molar-refractivity contribution in [3.63, 3.8) is 0 Å². The van der Waals surface area contributed by atoms with E-state index in [9.17, 15) is 0 Å². The van der Waals surface area contributed by atoms with Crippen LogP contribution >= 0.6 is 24.4 Å². The van der Waals surface area contributed by atoms with E-state index >= 15 is 0 Å². The highest BCUT2D eigenvalue weighted by Crippen LogP contribution is 2.30. The van der Waals surface area contributed by atoms with E-state index in [1.165, 1.54) is 17.9 Å². The van der Waals surface area contributed by atoms with Crippen molar-refractivity contribution >= 4 is 24.4 Å². The number of rotatable bonds is 6. The van der Waals surface area contributed by atoms with E-state index in [0.29, 0.717) is 5.41 Å². The molecule has 0 bridgehead atoms. The maximum absolute atomic E-state index is 4.44. The van der Waals surface area contributed by atoms with Gasteiger partial charge in [-0.2, -0.15) is 24.4 Å². The molecule has 14 heavy (non-hydrogen) atoms. The predicted molar refractivity (Wildman–Crippen MR) is 73.6 cm³/mol. The Morgan fingerprint density at radius 1 is 1.21 bits per heavy atom. The molecule has 0 saturated carbocycles. The van der Waals surface area contributed by atoms with Gasteiger partial charge in [0.2, 0.25) is 0 Å². The van der Waals surface area contributed by atoms with Crippen LogP contribution in [-0.2, 0) is 0 Å². The molecule has 0 aliphatic heterocycles. The van der Waals surface area contributed by atoms with Crippen molar-refractivity contribution in [1.82, 2.24) is 0 Å². The highest BCUT2D eigenvalue weighted by Gasteiger charge is 2.22. The molecule has 2 unspecified atom stereocenters. The van der Waals surface area contributed by atoms with Crippen LogP contribution in [-0.4, -0.2) is 17.3 Å². The van der Waals surface area contributed by atoms with Crippen LogP contribution in [0.1, 0.15) is 41.0 Å². The van der Waals surface area contributed by atoms with Crippen LogP contribution in [0.2, 0.25) is 0 Å². The smallest absolute Gasteiger partial charge is 0.00262 e. The van der Waals surface area contributed by atoms with Gasteiger partial charge in [-0.15, -0.1) is 0 Å². The van der Waals surface area contributed by atoms with Crippen LogP contribution in [0.15, 0.2) is 0 Å². The molecule has 2 heteroatoms. The van der Waals surface area contributed by atoms with Gasteiger partial charge in [-0.25, -0.2) is 0 Å². The fourth-order valence-electron chi connectivity index (χ4n) is 1.11. The maximum atomic E-state index is 4.44. The Kier molecular flexibility index (Phi) is 7.41. The Bertz CT molecular complexity index is 138. The lowest BCUT2D eigenvalue weighted by Crippen LogP contribution is -2.24. The number of thiol groups is 1. The first kappa shape index (κ1) is 14.7. The summed E-state index contributed by atoms with van der Waals surface area (Å²) in [6.45, 7) is 11.6. The van der Waals surface area contributed by atoms with Crippen LogP contribution in [0, 0.1) is 17.3 Å². The molecule has 86 valence electrons. The van der Waals surface area contributed by atoms with Gasteiger partial charge in [0.15, 0.2) is 0 Å². The summed E-state index contributed by atoms with van der Waals surface area (Å²) in [5.74, 6) is 5.17. The van der Waals surface area contributed by atoms with Gasteiger partial charge >= 0.3 is 0 Å². The summed E-state index contributed by atoms with van der Waals surface area (Å²) in [6.07, 6.45) is 1.30. The number of hydrogen-bond donors (Lipinski definition) is 1. The van der Waals surface area contributed by atoms with Crippen molar-refractivity contribution in [1.29, 1.82) is 0 Å². The van der Waals surface area contributed by atoms with Crippen molar-refractivity contribution in [2.45, 2.75) is 41.0 Å². The van der Waals surface area contributed by atoms with Gasteiger partial charge < -0.3 is 0 Å². The summed E-state index contributed by atoms with van der Waals surface area (Å²) in [5, 5.41) is 0. The van der Waals surface area contributed by atoms with Crippen LogP contribution in [0.5, 0.6) is 0 Å². The molecule has 0 fully saturated rings. The molecule has 0 radical (unpaired) electrons. The average Bonchev–Trinajstić information content (AvgIpc) is 2.09. The van der Waals surface area contributed by atoms with Crippen LogP contribution in [0.25, 0.3) is 0 Å². The monoisotopic (exact) mass is 234 g/mol. The molecule has 0 spiro atoms. The molecule has 0 aliphatic carbocycles. The second-order valence-electron chi connectivity index (χ2n) is 5.30. The van der Waals surface area contributed by atoms with Gasteiger partial charge in [0.25, 0.3) is 0 Å². The van der Waals surface area contributed by atoms with Crippen molar-refractivity contribution in [3.8, 4) is 0 Å².